The van der Waals surface area contributed by atoms with Gasteiger partial charge in [0.05, 0.1) is 6.17 Å². The fourth-order valence-electron chi connectivity index (χ4n) is 5.46. The molecule has 2 nitrogen and oxygen atoms in total. The van der Waals surface area contributed by atoms with Gasteiger partial charge in [-0.25, -0.2) is 0 Å². The Morgan fingerprint density at radius 1 is 0.395 bits per heavy atom. The van der Waals surface area contributed by atoms with Crippen LogP contribution in [0.1, 0.15) is 203 Å². The first-order valence-electron chi connectivity index (χ1n) is 17.6. The van der Waals surface area contributed by atoms with Gasteiger partial charge in [-0.1, -0.05) is 170 Å². The predicted molar refractivity (Wildman–Crippen MR) is 175 cm³/mol. The molecule has 0 unspecified atom stereocenters. The van der Waals surface area contributed by atoms with Gasteiger partial charge < -0.3 is 10.6 Å². The second-order valence-corrected chi connectivity index (χ2v) is 14.9. The van der Waals surface area contributed by atoms with Crippen molar-refractivity contribution >= 4 is 0 Å². The van der Waals surface area contributed by atoms with Crippen molar-refractivity contribution in [3.63, 3.8) is 0 Å². The van der Waals surface area contributed by atoms with Gasteiger partial charge in [-0.15, -0.1) is 0 Å². The normalized spacial score (nSPS) is 12.6. The minimum atomic E-state index is 0.511. The molecule has 0 aromatic rings. The van der Waals surface area contributed by atoms with Gasteiger partial charge in [-0.05, 0) is 56.0 Å². The summed E-state index contributed by atoms with van der Waals surface area (Å²) in [5.74, 6) is 0. The molecule has 0 aromatic heterocycles. The summed E-state index contributed by atoms with van der Waals surface area (Å²) >= 11 is 0. The van der Waals surface area contributed by atoms with Crippen LogP contribution in [0.15, 0.2) is 0 Å². The number of nitrogens with one attached hydrogen (secondary N) is 2. The van der Waals surface area contributed by atoms with Crippen LogP contribution in [-0.2, 0) is 0 Å². The number of unbranched alkanes of at least 4 members (excludes halogenated alkanes) is 18. The van der Waals surface area contributed by atoms with Crippen LogP contribution in [-0.4, -0.2) is 19.3 Å². The van der Waals surface area contributed by atoms with E-state index in [0.29, 0.717) is 17.0 Å². The molecule has 0 aromatic carbocycles. The van der Waals surface area contributed by atoms with Crippen LogP contribution in [0.3, 0.4) is 0 Å². The van der Waals surface area contributed by atoms with Gasteiger partial charge in [0.25, 0.3) is 0 Å². The lowest BCUT2D eigenvalue weighted by Crippen LogP contribution is -2.43. The largest absolute Gasteiger partial charge is 0.302 e. The lowest BCUT2D eigenvalue weighted by atomic mass is 9.89. The minimum Gasteiger partial charge on any atom is -0.302 e. The van der Waals surface area contributed by atoms with Crippen LogP contribution in [0.25, 0.3) is 0 Å². The average molecular weight is 537 g/mol. The van der Waals surface area contributed by atoms with Crippen molar-refractivity contribution in [2.45, 2.75) is 209 Å². The zero-order valence-corrected chi connectivity index (χ0v) is 28.0. The van der Waals surface area contributed by atoms with Gasteiger partial charge in [-0.2, -0.15) is 0 Å². The van der Waals surface area contributed by atoms with Crippen LogP contribution in [0.2, 0.25) is 0 Å². The molecule has 0 bridgehead atoms. The summed E-state index contributed by atoms with van der Waals surface area (Å²) < 4.78 is 0. The van der Waals surface area contributed by atoms with Crippen molar-refractivity contribution in [3.05, 3.63) is 0 Å². The molecule has 0 radical (unpaired) electrons. The molecule has 2 N–H and O–H groups in total. The van der Waals surface area contributed by atoms with E-state index in [1.54, 1.807) is 0 Å². The Morgan fingerprint density at radius 2 is 0.711 bits per heavy atom. The zero-order chi connectivity index (χ0) is 28.4. The highest BCUT2D eigenvalue weighted by molar-refractivity contribution is 4.66. The first-order chi connectivity index (χ1) is 18.1. The lowest BCUT2D eigenvalue weighted by Gasteiger charge is -2.21. The molecule has 0 amide bonds. The third-order valence-corrected chi connectivity index (χ3v) is 8.08. The molecule has 38 heavy (non-hydrogen) atoms. The molecule has 230 valence electrons. The first-order valence-corrected chi connectivity index (χ1v) is 17.6. The van der Waals surface area contributed by atoms with Crippen LogP contribution in [0.4, 0.5) is 0 Å². The van der Waals surface area contributed by atoms with Crippen LogP contribution in [0, 0.1) is 10.8 Å². The van der Waals surface area contributed by atoms with E-state index < -0.39 is 0 Å². The maximum Gasteiger partial charge on any atom is 0.0571 e. The fourth-order valence-corrected chi connectivity index (χ4v) is 5.46. The molecule has 0 rings (SSSR count). The van der Waals surface area contributed by atoms with Crippen molar-refractivity contribution in [2.24, 2.45) is 10.8 Å². The lowest BCUT2D eigenvalue weighted by molar-refractivity contribution is 0.355. The van der Waals surface area contributed by atoms with Gasteiger partial charge in [0, 0.05) is 0 Å². The van der Waals surface area contributed by atoms with E-state index in [4.69, 9.17) is 0 Å². The minimum absolute atomic E-state index is 0.511. The highest BCUT2D eigenvalue weighted by Crippen LogP contribution is 2.23. The Labute approximate surface area is 243 Å². The van der Waals surface area contributed by atoms with Gasteiger partial charge in [0.15, 0.2) is 0 Å². The van der Waals surface area contributed by atoms with Gasteiger partial charge >= 0.3 is 0 Å². The number of rotatable bonds is 28. The maximum atomic E-state index is 3.88. The van der Waals surface area contributed by atoms with E-state index in [1.165, 1.54) is 167 Å². The molecule has 0 aliphatic heterocycles. The molecule has 0 fully saturated rings. The summed E-state index contributed by atoms with van der Waals surface area (Å²) in [5.41, 5.74) is 1.02. The number of hydrogen-bond donors (Lipinski definition) is 2. The summed E-state index contributed by atoms with van der Waals surface area (Å²) in [6.07, 6.45) is 34.2. The highest BCUT2D eigenvalue weighted by Gasteiger charge is 2.10. The Morgan fingerprint density at radius 3 is 1.08 bits per heavy atom. The summed E-state index contributed by atoms with van der Waals surface area (Å²) in [5, 5.41) is 7.77. The van der Waals surface area contributed by atoms with E-state index in [-0.39, 0.29) is 0 Å². The van der Waals surface area contributed by atoms with Gasteiger partial charge in [-0.3, -0.25) is 0 Å². The molecule has 0 saturated heterocycles. The summed E-state index contributed by atoms with van der Waals surface area (Å²) in [4.78, 5) is 0. The predicted octanol–water partition coefficient (Wildman–Crippen LogP) is 12.0. The summed E-state index contributed by atoms with van der Waals surface area (Å²) in [6.45, 7) is 18.9. The zero-order valence-electron chi connectivity index (χ0n) is 28.0. The Balaban J connectivity index is 3.90. The SMILES string of the molecule is CCCCCCCCCC(NCCCCCCCCCC(C)(C)C)NCCCCCCCCCC(C)(C)C. The van der Waals surface area contributed by atoms with Crippen molar-refractivity contribution < 1.29 is 0 Å². The van der Waals surface area contributed by atoms with Crippen molar-refractivity contribution in [1.29, 1.82) is 0 Å². The van der Waals surface area contributed by atoms with E-state index in [1.807, 2.05) is 0 Å². The topological polar surface area (TPSA) is 24.1 Å². The molecule has 0 spiro atoms. The quantitative estimate of drug-likeness (QED) is 0.0767. The van der Waals surface area contributed by atoms with Crippen molar-refractivity contribution in [1.82, 2.24) is 10.6 Å². The van der Waals surface area contributed by atoms with Gasteiger partial charge in [0.1, 0.15) is 0 Å². The molecular formula is C36H76N2. The standard InChI is InChI=1S/C36H76N2/c1-8-9-10-11-14-19-24-29-34(37-32-27-22-17-12-15-20-25-30-35(2,3)4)38-33-28-23-18-13-16-21-26-31-36(5,6)7/h34,37-38H,8-33H2,1-7H3. The molecule has 0 aliphatic carbocycles. The smallest absolute Gasteiger partial charge is 0.0571 e. The fraction of sp³-hybridized carbons (Fsp3) is 1.00. The molecule has 0 saturated carbocycles. The average Bonchev–Trinajstić information content (AvgIpc) is 2.83. The second kappa shape index (κ2) is 25.9. The van der Waals surface area contributed by atoms with Crippen molar-refractivity contribution in [2.75, 3.05) is 13.1 Å². The molecular weight excluding hydrogens is 460 g/mol. The first kappa shape index (κ1) is 37.9. The van der Waals surface area contributed by atoms with Crippen LogP contribution < -0.4 is 10.6 Å². The molecule has 0 heterocycles. The van der Waals surface area contributed by atoms with Crippen LogP contribution in [0.5, 0.6) is 0 Å². The van der Waals surface area contributed by atoms with Gasteiger partial charge in [0.2, 0.25) is 0 Å². The monoisotopic (exact) mass is 537 g/mol. The summed E-state index contributed by atoms with van der Waals surface area (Å²) in [6, 6.07) is 0. The van der Waals surface area contributed by atoms with Crippen LogP contribution >= 0.6 is 0 Å². The number of hydrogen-bond acceptors (Lipinski definition) is 2. The van der Waals surface area contributed by atoms with E-state index in [2.05, 4.69) is 59.1 Å². The Hall–Kier alpha value is -0.0800. The van der Waals surface area contributed by atoms with Crippen molar-refractivity contribution in [3.8, 4) is 0 Å². The molecule has 2 heteroatoms. The van der Waals surface area contributed by atoms with E-state index in [0.717, 1.165) is 0 Å². The molecule has 0 atom stereocenters. The highest BCUT2D eigenvalue weighted by atomic mass is 15.1. The third-order valence-electron chi connectivity index (χ3n) is 8.08. The summed E-state index contributed by atoms with van der Waals surface area (Å²) in [7, 11) is 0. The third kappa shape index (κ3) is 32.1. The second-order valence-electron chi connectivity index (χ2n) is 14.9. The van der Waals surface area contributed by atoms with E-state index >= 15 is 0 Å². The maximum absolute atomic E-state index is 3.88. The molecule has 0 aliphatic rings. The Bertz CT molecular complexity index is 425. The Kier molecular flexibility index (Phi) is 25.8. The van der Waals surface area contributed by atoms with E-state index in [9.17, 15) is 0 Å².